The molecule has 4 rings (SSSR count). The topological polar surface area (TPSA) is 405 Å². The molecule has 1 unspecified atom stereocenters. The van der Waals surface area contributed by atoms with Crippen molar-refractivity contribution in [2.45, 2.75) is 139 Å². The van der Waals surface area contributed by atoms with Crippen LogP contribution >= 0.6 is 0 Å². The summed E-state index contributed by atoms with van der Waals surface area (Å²) in [6.07, 6.45) is 4.31. The number of aliphatic hydroxyl groups excluding tert-OH is 1. The van der Waals surface area contributed by atoms with E-state index in [0.717, 1.165) is 0 Å². The number of benzene rings is 1. The number of carboxylic acid groups (broad SMARTS) is 1. The number of guanidine groups is 1. The predicted molar refractivity (Wildman–Crippen MR) is 264 cm³/mol. The maximum absolute atomic E-state index is 14.3. The standard InChI is InChI=1S/C47H72N14O11/c1-28(62)39(58-38(64)14-3-2-6-22-52-41(66)34(26-29-15-18-31(63)19-16-29)57-40(65)30-17-20-37(59-51)54-27-30)43(68)55-32(10-4-5-21-48)44(69)61-25-9-13-36(61)45(70)60-24-8-12-35(60)42(67)56-33(46(71)72)11-7-23-53-47(49)50/h15-20,27-28,32-36,39,62-63H,2-14,21-26,48,51H2,1H3,(H,52,66)(H,54,59)(H,55,68)(H,56,67)(H,57,65)(H,58,64)(H,71,72)(H4,49,50,53)/t28?,32-,33+,34-,35-,36-,39-/m0/s1. The lowest BCUT2D eigenvalue weighted by Crippen LogP contribution is -2.59. The molecule has 7 atom stereocenters. The highest BCUT2D eigenvalue weighted by Gasteiger charge is 2.44. The van der Waals surface area contributed by atoms with Gasteiger partial charge in [-0.2, -0.15) is 0 Å². The monoisotopic (exact) mass is 1010 g/mol. The molecule has 0 bridgehead atoms. The normalized spacial score (nSPS) is 17.3. The zero-order valence-corrected chi connectivity index (χ0v) is 40.7. The number of nitrogens with one attached hydrogen (secondary N) is 6. The van der Waals surface area contributed by atoms with Gasteiger partial charge in [0, 0.05) is 45.2 Å². The molecular weight excluding hydrogens is 937 g/mol. The van der Waals surface area contributed by atoms with Gasteiger partial charge in [-0.3, -0.25) is 38.6 Å². The Morgan fingerprint density at radius 1 is 0.792 bits per heavy atom. The Labute approximate surface area is 418 Å². The van der Waals surface area contributed by atoms with Crippen molar-refractivity contribution in [3.63, 3.8) is 0 Å². The van der Waals surface area contributed by atoms with Gasteiger partial charge in [0.05, 0.1) is 11.7 Å². The van der Waals surface area contributed by atoms with Gasteiger partial charge in [-0.1, -0.05) is 18.6 Å². The summed E-state index contributed by atoms with van der Waals surface area (Å²) in [5, 5.41) is 43.5. The molecule has 25 nitrogen and oxygen atoms in total. The largest absolute Gasteiger partial charge is 0.508 e. The average Bonchev–Trinajstić information content (AvgIpc) is 4.06. The molecule has 1 aromatic carbocycles. The summed E-state index contributed by atoms with van der Waals surface area (Å²) in [4.78, 5) is 118. The van der Waals surface area contributed by atoms with E-state index in [9.17, 15) is 53.7 Å². The van der Waals surface area contributed by atoms with Crippen molar-refractivity contribution in [1.29, 1.82) is 0 Å². The number of anilines is 1. The molecule has 7 amide bonds. The number of likely N-dealkylation sites (tertiary alicyclic amines) is 2. The molecule has 0 aliphatic carbocycles. The van der Waals surface area contributed by atoms with E-state index in [1.807, 2.05) is 0 Å². The number of aliphatic carboxylic acids is 1. The maximum Gasteiger partial charge on any atom is 0.326 e. The van der Waals surface area contributed by atoms with Crippen LogP contribution in [0.15, 0.2) is 47.6 Å². The number of phenols is 1. The molecule has 2 aliphatic rings. The van der Waals surface area contributed by atoms with E-state index < -0.39 is 89.7 Å². The number of carboxylic acids is 1. The second-order valence-electron chi connectivity index (χ2n) is 17.9. The van der Waals surface area contributed by atoms with Crippen LogP contribution in [0.2, 0.25) is 0 Å². The number of nitrogens with two attached hydrogens (primary N) is 4. The quantitative estimate of drug-likeness (QED) is 0.0140. The number of unbranched alkanes of at least 4 members (excludes halogenated alkanes) is 3. The van der Waals surface area contributed by atoms with Crippen molar-refractivity contribution in [2.24, 2.45) is 28.0 Å². The number of aliphatic imine (C=N–C) groups is 1. The summed E-state index contributed by atoms with van der Waals surface area (Å²) in [6.45, 7) is 2.43. The first-order valence-electron chi connectivity index (χ1n) is 24.4. The highest BCUT2D eigenvalue weighted by Crippen LogP contribution is 2.27. The first kappa shape index (κ1) is 57.5. The highest BCUT2D eigenvalue weighted by atomic mass is 16.4. The molecule has 0 radical (unpaired) electrons. The number of carbonyl (C=O) groups is 8. The number of nitrogens with zero attached hydrogens (tertiary/aromatic N) is 4. The van der Waals surface area contributed by atoms with Gasteiger partial charge in [0.2, 0.25) is 35.4 Å². The first-order valence-corrected chi connectivity index (χ1v) is 24.4. The number of aromatic hydroxyl groups is 1. The van der Waals surface area contributed by atoms with Gasteiger partial charge in [-0.15, -0.1) is 0 Å². The second-order valence-corrected chi connectivity index (χ2v) is 17.9. The Balaban J connectivity index is 1.30. The number of hydrogen-bond acceptors (Lipinski definition) is 15. The SMILES string of the molecule is CC(O)[C@H](NC(=O)CCCCCNC(=O)[C@H](Cc1ccc(O)cc1)NC(=O)c1ccc(NN)nc1)C(=O)N[C@@H](CCCCN)C(=O)N1CCC[C@H]1C(=O)N1CCC[C@H]1C(=O)N[C@H](CCCN=C(N)N)C(=O)O. The van der Waals surface area contributed by atoms with E-state index in [1.54, 1.807) is 12.1 Å². The van der Waals surface area contributed by atoms with Crippen molar-refractivity contribution in [3.8, 4) is 5.75 Å². The first-order chi connectivity index (χ1) is 34.4. The molecular formula is C47H72N14O11. The van der Waals surface area contributed by atoms with Crippen LogP contribution in [-0.4, -0.2) is 158 Å². The highest BCUT2D eigenvalue weighted by molar-refractivity contribution is 5.98. The Bertz CT molecular complexity index is 2180. The summed E-state index contributed by atoms with van der Waals surface area (Å²) in [5.41, 5.74) is 19.7. The van der Waals surface area contributed by atoms with Gasteiger partial charge in [0.25, 0.3) is 5.91 Å². The Morgan fingerprint density at radius 3 is 2.12 bits per heavy atom. The molecule has 17 N–H and O–H groups in total. The minimum atomic E-state index is -1.44. The molecule has 0 saturated carbocycles. The third kappa shape index (κ3) is 17.9. The lowest BCUT2D eigenvalue weighted by atomic mass is 10.0. The Hall–Kier alpha value is -7.12. The summed E-state index contributed by atoms with van der Waals surface area (Å²) < 4.78 is 0. The number of amides is 7. The number of nitrogen functional groups attached to an aromatic ring is 1. The summed E-state index contributed by atoms with van der Waals surface area (Å²) in [7, 11) is 0. The molecule has 1 aromatic heterocycles. The fraction of sp³-hybridized carbons (Fsp3) is 0.574. The average molecular weight is 1010 g/mol. The van der Waals surface area contributed by atoms with Crippen LogP contribution in [0, 0.1) is 0 Å². The number of aromatic nitrogens is 1. The molecule has 72 heavy (non-hydrogen) atoms. The third-order valence-corrected chi connectivity index (χ3v) is 12.4. The molecule has 25 heteroatoms. The predicted octanol–water partition coefficient (Wildman–Crippen LogP) is -1.83. The van der Waals surface area contributed by atoms with Gasteiger partial charge < -0.3 is 74.3 Å². The maximum atomic E-state index is 14.3. The van der Waals surface area contributed by atoms with Crippen LogP contribution in [0.25, 0.3) is 0 Å². The minimum absolute atomic E-state index is 0.0290. The summed E-state index contributed by atoms with van der Waals surface area (Å²) in [5.74, 6) is 0.360. The number of phenolic OH excluding ortho intramolecular Hbond substituents is 1. The zero-order valence-electron chi connectivity index (χ0n) is 40.7. The number of pyridine rings is 1. The van der Waals surface area contributed by atoms with Gasteiger partial charge >= 0.3 is 5.97 Å². The van der Waals surface area contributed by atoms with Crippen molar-refractivity contribution < 1.29 is 53.7 Å². The molecule has 2 saturated heterocycles. The minimum Gasteiger partial charge on any atom is -0.508 e. The lowest BCUT2D eigenvalue weighted by Gasteiger charge is -2.33. The lowest BCUT2D eigenvalue weighted by molar-refractivity contribution is -0.149. The molecule has 3 heterocycles. The van der Waals surface area contributed by atoms with Crippen LogP contribution in [0.5, 0.6) is 5.75 Å². The number of aliphatic hydroxyl groups is 1. The molecule has 0 spiro atoms. The van der Waals surface area contributed by atoms with Gasteiger partial charge in [-0.25, -0.2) is 15.6 Å². The van der Waals surface area contributed by atoms with Gasteiger partial charge in [0.1, 0.15) is 47.8 Å². The fourth-order valence-corrected chi connectivity index (χ4v) is 8.53. The van der Waals surface area contributed by atoms with Crippen LogP contribution in [-0.2, 0) is 40.0 Å². The van der Waals surface area contributed by atoms with Crippen molar-refractivity contribution in [2.75, 3.05) is 38.1 Å². The van der Waals surface area contributed by atoms with E-state index in [1.165, 1.54) is 47.2 Å². The van der Waals surface area contributed by atoms with Crippen LogP contribution in [0.3, 0.4) is 0 Å². The number of carbonyl (C=O) groups excluding carboxylic acids is 7. The van der Waals surface area contributed by atoms with Crippen LogP contribution < -0.4 is 55.1 Å². The smallest absolute Gasteiger partial charge is 0.326 e. The third-order valence-electron chi connectivity index (χ3n) is 12.4. The summed E-state index contributed by atoms with van der Waals surface area (Å²) >= 11 is 0. The fourth-order valence-electron chi connectivity index (χ4n) is 8.53. The molecule has 396 valence electrons. The summed E-state index contributed by atoms with van der Waals surface area (Å²) in [6, 6.07) is 2.51. The van der Waals surface area contributed by atoms with E-state index >= 15 is 0 Å². The van der Waals surface area contributed by atoms with Crippen LogP contribution in [0.1, 0.15) is 106 Å². The van der Waals surface area contributed by atoms with E-state index in [2.05, 4.69) is 42.0 Å². The molecule has 2 aliphatic heterocycles. The van der Waals surface area contributed by atoms with Crippen LogP contribution in [0.4, 0.5) is 5.82 Å². The van der Waals surface area contributed by atoms with E-state index in [0.29, 0.717) is 69.3 Å². The molecule has 2 aromatic rings. The second kappa shape index (κ2) is 29.3. The van der Waals surface area contributed by atoms with Gasteiger partial charge in [0.15, 0.2) is 5.96 Å². The Kier molecular flexibility index (Phi) is 23.4. The number of rotatable bonds is 29. The van der Waals surface area contributed by atoms with Crippen molar-refractivity contribution in [1.82, 2.24) is 41.4 Å². The number of hydrogen-bond donors (Lipinski definition) is 13. The van der Waals surface area contributed by atoms with Crippen molar-refractivity contribution in [3.05, 3.63) is 53.7 Å². The number of hydrazine groups is 1. The van der Waals surface area contributed by atoms with Gasteiger partial charge in [-0.05, 0) is 114 Å². The van der Waals surface area contributed by atoms with E-state index in [4.69, 9.17) is 23.0 Å². The van der Waals surface area contributed by atoms with E-state index in [-0.39, 0.29) is 82.0 Å². The van der Waals surface area contributed by atoms with Crippen molar-refractivity contribution >= 4 is 59.1 Å². The molecule has 2 fully saturated rings. The zero-order chi connectivity index (χ0) is 52.7. The Morgan fingerprint density at radius 2 is 1.49 bits per heavy atom.